The molecule has 0 fully saturated rings. The Balaban J connectivity index is 2.74. The molecule has 1 nitrogen and oxygen atoms in total. The summed E-state index contributed by atoms with van der Waals surface area (Å²) in [6.07, 6.45) is 1.24. The molecule has 0 aromatic heterocycles. The van der Waals surface area contributed by atoms with Crippen LogP contribution in [0.25, 0.3) is 0 Å². The zero-order valence-electron chi connectivity index (χ0n) is 10.5. The molecule has 1 aromatic rings. The molecular formula is C14H22BrN. The molecule has 1 N–H and O–H groups in total. The molecule has 2 heteroatoms. The molecule has 0 heterocycles. The second kappa shape index (κ2) is 7.08. The first-order valence-electron chi connectivity index (χ1n) is 6.09. The Labute approximate surface area is 108 Å². The van der Waals surface area contributed by atoms with Crippen molar-refractivity contribution in [2.24, 2.45) is 5.92 Å². The molecule has 0 spiro atoms. The number of hydrogen-bond acceptors (Lipinski definition) is 1. The van der Waals surface area contributed by atoms with Crippen LogP contribution in [0, 0.1) is 5.92 Å². The second-order valence-electron chi connectivity index (χ2n) is 4.69. The minimum absolute atomic E-state index is 0.623. The predicted molar refractivity (Wildman–Crippen MR) is 74.9 cm³/mol. The van der Waals surface area contributed by atoms with Gasteiger partial charge in [0.1, 0.15) is 0 Å². The van der Waals surface area contributed by atoms with Gasteiger partial charge in [-0.15, -0.1) is 0 Å². The molecule has 90 valence electrons. The van der Waals surface area contributed by atoms with Crippen LogP contribution in [0.5, 0.6) is 0 Å². The van der Waals surface area contributed by atoms with Crippen molar-refractivity contribution in [3.63, 3.8) is 0 Å². The first-order valence-corrected chi connectivity index (χ1v) is 6.89. The van der Waals surface area contributed by atoms with E-state index < -0.39 is 0 Å². The summed E-state index contributed by atoms with van der Waals surface area (Å²) in [5, 5.41) is 3.46. The van der Waals surface area contributed by atoms with Crippen LogP contribution in [0.1, 0.15) is 38.7 Å². The fraction of sp³-hybridized carbons (Fsp3) is 0.571. The Morgan fingerprint density at radius 1 is 1.31 bits per heavy atom. The number of rotatable bonds is 6. The van der Waals surface area contributed by atoms with Crippen LogP contribution < -0.4 is 5.32 Å². The average Bonchev–Trinajstić information content (AvgIpc) is 2.23. The number of likely N-dealkylation sites (N-methyl/N-ethyl adjacent to an activating group) is 1. The van der Waals surface area contributed by atoms with Gasteiger partial charge >= 0.3 is 0 Å². The molecule has 0 aliphatic rings. The average molecular weight is 284 g/mol. The van der Waals surface area contributed by atoms with Crippen LogP contribution in [-0.4, -0.2) is 13.1 Å². The van der Waals surface area contributed by atoms with Crippen LogP contribution >= 0.6 is 15.9 Å². The lowest BCUT2D eigenvalue weighted by Crippen LogP contribution is -2.22. The Hall–Kier alpha value is -0.340. The normalized spacial score (nSPS) is 13.1. The quantitative estimate of drug-likeness (QED) is 0.826. The van der Waals surface area contributed by atoms with E-state index in [2.05, 4.69) is 66.3 Å². The van der Waals surface area contributed by atoms with E-state index in [-0.39, 0.29) is 0 Å². The van der Waals surface area contributed by atoms with E-state index in [1.165, 1.54) is 16.5 Å². The fourth-order valence-electron chi connectivity index (χ4n) is 1.99. The van der Waals surface area contributed by atoms with Gasteiger partial charge in [0, 0.05) is 11.0 Å². The van der Waals surface area contributed by atoms with Crippen molar-refractivity contribution in [1.29, 1.82) is 0 Å². The summed E-state index contributed by atoms with van der Waals surface area (Å²) >= 11 is 3.54. The topological polar surface area (TPSA) is 12.0 Å². The molecule has 0 radical (unpaired) electrons. The van der Waals surface area contributed by atoms with Crippen molar-refractivity contribution < 1.29 is 0 Å². The van der Waals surface area contributed by atoms with Crippen molar-refractivity contribution in [2.75, 3.05) is 13.1 Å². The fourth-order valence-corrected chi connectivity index (χ4v) is 2.40. The summed E-state index contributed by atoms with van der Waals surface area (Å²) in [4.78, 5) is 0. The monoisotopic (exact) mass is 283 g/mol. The molecule has 1 aromatic carbocycles. The number of hydrogen-bond donors (Lipinski definition) is 1. The van der Waals surface area contributed by atoms with E-state index in [1.54, 1.807) is 0 Å². The first-order chi connectivity index (χ1) is 7.63. The third-order valence-electron chi connectivity index (χ3n) is 2.72. The van der Waals surface area contributed by atoms with E-state index in [9.17, 15) is 0 Å². The van der Waals surface area contributed by atoms with Gasteiger partial charge in [0.05, 0.1) is 0 Å². The maximum absolute atomic E-state index is 3.54. The molecule has 0 saturated heterocycles. The third kappa shape index (κ3) is 4.67. The maximum atomic E-state index is 3.54. The van der Waals surface area contributed by atoms with Crippen molar-refractivity contribution >= 4 is 15.9 Å². The lowest BCUT2D eigenvalue weighted by atomic mass is 9.90. The van der Waals surface area contributed by atoms with Gasteiger partial charge in [-0.1, -0.05) is 48.8 Å². The van der Waals surface area contributed by atoms with Gasteiger partial charge < -0.3 is 5.32 Å². The SMILES string of the molecule is CCNCC(CC(C)C)c1cccc(Br)c1. The van der Waals surface area contributed by atoms with Gasteiger partial charge in [0.15, 0.2) is 0 Å². The summed E-state index contributed by atoms with van der Waals surface area (Å²) in [5.74, 6) is 1.36. The molecule has 0 saturated carbocycles. The predicted octanol–water partition coefficient (Wildman–Crippen LogP) is 4.19. The van der Waals surface area contributed by atoms with E-state index >= 15 is 0 Å². The minimum atomic E-state index is 0.623. The van der Waals surface area contributed by atoms with Crippen LogP contribution in [-0.2, 0) is 0 Å². The zero-order valence-corrected chi connectivity index (χ0v) is 12.0. The van der Waals surface area contributed by atoms with Gasteiger partial charge in [0.2, 0.25) is 0 Å². The Kier molecular flexibility index (Phi) is 6.07. The number of nitrogens with one attached hydrogen (secondary N) is 1. The summed E-state index contributed by atoms with van der Waals surface area (Å²) in [6, 6.07) is 8.68. The van der Waals surface area contributed by atoms with Gasteiger partial charge in [-0.05, 0) is 42.5 Å². The van der Waals surface area contributed by atoms with Crippen LogP contribution in [0.4, 0.5) is 0 Å². The van der Waals surface area contributed by atoms with Gasteiger partial charge in [-0.2, -0.15) is 0 Å². The van der Waals surface area contributed by atoms with E-state index in [0.29, 0.717) is 5.92 Å². The summed E-state index contributed by atoms with van der Waals surface area (Å²) in [6.45, 7) is 8.86. The highest BCUT2D eigenvalue weighted by atomic mass is 79.9. The zero-order chi connectivity index (χ0) is 12.0. The summed E-state index contributed by atoms with van der Waals surface area (Å²) < 4.78 is 1.18. The highest BCUT2D eigenvalue weighted by Gasteiger charge is 2.12. The molecule has 0 amide bonds. The molecule has 0 aliphatic heterocycles. The van der Waals surface area contributed by atoms with E-state index in [1.807, 2.05) is 0 Å². The van der Waals surface area contributed by atoms with Crippen molar-refractivity contribution in [1.82, 2.24) is 5.32 Å². The van der Waals surface area contributed by atoms with Gasteiger partial charge in [-0.3, -0.25) is 0 Å². The summed E-state index contributed by atoms with van der Waals surface area (Å²) in [7, 11) is 0. The first kappa shape index (κ1) is 13.7. The summed E-state index contributed by atoms with van der Waals surface area (Å²) in [5.41, 5.74) is 1.43. The maximum Gasteiger partial charge on any atom is 0.0178 e. The third-order valence-corrected chi connectivity index (χ3v) is 3.21. The molecule has 1 unspecified atom stereocenters. The van der Waals surface area contributed by atoms with E-state index in [4.69, 9.17) is 0 Å². The van der Waals surface area contributed by atoms with Gasteiger partial charge in [-0.25, -0.2) is 0 Å². The largest absolute Gasteiger partial charge is 0.316 e. The van der Waals surface area contributed by atoms with Crippen LogP contribution in [0.3, 0.4) is 0 Å². The van der Waals surface area contributed by atoms with Crippen molar-refractivity contribution in [3.8, 4) is 0 Å². The minimum Gasteiger partial charge on any atom is -0.316 e. The van der Waals surface area contributed by atoms with E-state index in [0.717, 1.165) is 19.0 Å². The number of benzene rings is 1. The van der Waals surface area contributed by atoms with Gasteiger partial charge in [0.25, 0.3) is 0 Å². The lowest BCUT2D eigenvalue weighted by Gasteiger charge is -2.20. The number of halogens is 1. The Morgan fingerprint density at radius 2 is 2.06 bits per heavy atom. The molecular weight excluding hydrogens is 262 g/mol. The molecule has 0 aliphatic carbocycles. The van der Waals surface area contributed by atoms with Crippen LogP contribution in [0.15, 0.2) is 28.7 Å². The molecule has 1 rings (SSSR count). The van der Waals surface area contributed by atoms with Crippen molar-refractivity contribution in [3.05, 3.63) is 34.3 Å². The van der Waals surface area contributed by atoms with Crippen LogP contribution in [0.2, 0.25) is 0 Å². The standard InChI is InChI=1S/C14H22BrN/c1-4-16-10-13(8-11(2)3)12-6-5-7-14(15)9-12/h5-7,9,11,13,16H,4,8,10H2,1-3H3. The smallest absolute Gasteiger partial charge is 0.0178 e. The Morgan fingerprint density at radius 3 is 2.62 bits per heavy atom. The molecule has 16 heavy (non-hydrogen) atoms. The molecule has 1 atom stereocenters. The highest BCUT2D eigenvalue weighted by molar-refractivity contribution is 9.10. The van der Waals surface area contributed by atoms with Crippen molar-refractivity contribution in [2.45, 2.75) is 33.1 Å². The Bertz CT molecular complexity index is 309. The lowest BCUT2D eigenvalue weighted by molar-refractivity contribution is 0.475. The second-order valence-corrected chi connectivity index (χ2v) is 5.60. The highest BCUT2D eigenvalue weighted by Crippen LogP contribution is 2.25. The molecule has 0 bridgehead atoms.